The standard InChI is InChI=1S/C25H24N2O4/c1-16(2)15-30-21-9-4-6-17(12-21)24(28)26-19-10-11-23-22(14-19)27-25(31-23)18-7-5-8-20(13-18)29-3/h4-14,16H,15H2,1-3H3,(H,26,28). The molecule has 0 aliphatic heterocycles. The topological polar surface area (TPSA) is 73.6 Å². The highest BCUT2D eigenvalue weighted by atomic mass is 16.5. The van der Waals surface area contributed by atoms with Crippen LogP contribution in [0.25, 0.3) is 22.6 Å². The van der Waals surface area contributed by atoms with Gasteiger partial charge in [-0.25, -0.2) is 4.98 Å². The van der Waals surface area contributed by atoms with Gasteiger partial charge in [-0.1, -0.05) is 26.0 Å². The van der Waals surface area contributed by atoms with E-state index in [2.05, 4.69) is 24.1 Å². The van der Waals surface area contributed by atoms with Crippen LogP contribution in [0.1, 0.15) is 24.2 Å². The van der Waals surface area contributed by atoms with Crippen molar-refractivity contribution < 1.29 is 18.7 Å². The average Bonchev–Trinajstić information content (AvgIpc) is 3.21. The molecule has 3 aromatic carbocycles. The zero-order chi connectivity index (χ0) is 21.8. The van der Waals surface area contributed by atoms with Crippen LogP contribution >= 0.6 is 0 Å². The molecule has 6 heteroatoms. The van der Waals surface area contributed by atoms with Gasteiger partial charge in [-0.05, 0) is 60.5 Å². The minimum absolute atomic E-state index is 0.217. The van der Waals surface area contributed by atoms with E-state index in [1.54, 1.807) is 37.4 Å². The molecular formula is C25H24N2O4. The van der Waals surface area contributed by atoms with Gasteiger partial charge in [-0.3, -0.25) is 4.79 Å². The fraction of sp³-hybridized carbons (Fsp3) is 0.200. The van der Waals surface area contributed by atoms with Crippen LogP contribution < -0.4 is 14.8 Å². The first kappa shape index (κ1) is 20.5. The zero-order valence-electron chi connectivity index (χ0n) is 17.7. The number of fused-ring (bicyclic) bond motifs is 1. The van der Waals surface area contributed by atoms with Gasteiger partial charge < -0.3 is 19.2 Å². The van der Waals surface area contributed by atoms with E-state index in [-0.39, 0.29) is 5.91 Å². The number of rotatable bonds is 7. The molecule has 1 heterocycles. The molecule has 0 saturated carbocycles. The lowest BCUT2D eigenvalue weighted by Crippen LogP contribution is -2.12. The molecule has 0 fully saturated rings. The number of carbonyl (C=O) groups excluding carboxylic acids is 1. The minimum Gasteiger partial charge on any atom is -0.497 e. The van der Waals surface area contributed by atoms with Crippen molar-refractivity contribution in [2.75, 3.05) is 19.0 Å². The van der Waals surface area contributed by atoms with Crippen molar-refractivity contribution in [3.05, 3.63) is 72.3 Å². The summed E-state index contributed by atoms with van der Waals surface area (Å²) in [6.45, 7) is 4.76. The van der Waals surface area contributed by atoms with Crippen molar-refractivity contribution in [3.8, 4) is 23.0 Å². The Morgan fingerprint density at radius 2 is 1.84 bits per heavy atom. The Balaban J connectivity index is 1.52. The number of hydrogen-bond acceptors (Lipinski definition) is 5. The second kappa shape index (κ2) is 8.92. The molecule has 0 spiro atoms. The molecule has 158 valence electrons. The third kappa shape index (κ3) is 4.86. The number of methoxy groups -OCH3 is 1. The molecule has 0 saturated heterocycles. The fourth-order valence-corrected chi connectivity index (χ4v) is 3.08. The molecule has 0 radical (unpaired) electrons. The highest BCUT2D eigenvalue weighted by Crippen LogP contribution is 2.28. The van der Waals surface area contributed by atoms with Crippen molar-refractivity contribution in [1.82, 2.24) is 4.98 Å². The van der Waals surface area contributed by atoms with Crippen molar-refractivity contribution in [1.29, 1.82) is 0 Å². The van der Waals surface area contributed by atoms with E-state index < -0.39 is 0 Å². The highest BCUT2D eigenvalue weighted by molar-refractivity contribution is 6.05. The molecule has 1 N–H and O–H groups in total. The van der Waals surface area contributed by atoms with Crippen molar-refractivity contribution in [2.24, 2.45) is 5.92 Å². The van der Waals surface area contributed by atoms with Crippen molar-refractivity contribution >= 4 is 22.7 Å². The molecule has 0 atom stereocenters. The number of oxazole rings is 1. The first-order valence-corrected chi connectivity index (χ1v) is 10.1. The molecule has 0 unspecified atom stereocenters. The molecule has 0 bridgehead atoms. The lowest BCUT2D eigenvalue weighted by molar-refractivity contribution is 0.102. The van der Waals surface area contributed by atoms with Crippen LogP contribution in [0.3, 0.4) is 0 Å². The summed E-state index contributed by atoms with van der Waals surface area (Å²) in [7, 11) is 1.62. The number of amides is 1. The average molecular weight is 416 g/mol. The number of carbonyl (C=O) groups is 1. The Morgan fingerprint density at radius 3 is 2.65 bits per heavy atom. The maximum Gasteiger partial charge on any atom is 0.255 e. The molecule has 4 aromatic rings. The van der Waals surface area contributed by atoms with E-state index in [1.807, 2.05) is 36.4 Å². The first-order valence-electron chi connectivity index (χ1n) is 10.1. The number of nitrogens with one attached hydrogen (secondary N) is 1. The number of nitrogens with zero attached hydrogens (tertiary/aromatic N) is 1. The van der Waals surface area contributed by atoms with Gasteiger partial charge in [-0.2, -0.15) is 0 Å². The smallest absolute Gasteiger partial charge is 0.255 e. The van der Waals surface area contributed by atoms with Gasteiger partial charge in [0.15, 0.2) is 5.58 Å². The van der Waals surface area contributed by atoms with Gasteiger partial charge in [0.25, 0.3) is 5.91 Å². The van der Waals surface area contributed by atoms with Crippen molar-refractivity contribution in [2.45, 2.75) is 13.8 Å². The van der Waals surface area contributed by atoms with Crippen LogP contribution in [0, 0.1) is 5.92 Å². The van der Waals surface area contributed by atoms with Gasteiger partial charge in [0, 0.05) is 16.8 Å². The van der Waals surface area contributed by atoms with E-state index in [1.165, 1.54) is 0 Å². The third-order valence-electron chi connectivity index (χ3n) is 4.64. The van der Waals surface area contributed by atoms with Gasteiger partial charge in [0.2, 0.25) is 5.89 Å². The Labute approximate surface area is 180 Å². The monoisotopic (exact) mass is 416 g/mol. The molecule has 1 aromatic heterocycles. The zero-order valence-corrected chi connectivity index (χ0v) is 17.7. The summed E-state index contributed by atoms with van der Waals surface area (Å²) in [5, 5.41) is 2.91. The van der Waals surface area contributed by atoms with Crippen molar-refractivity contribution in [3.63, 3.8) is 0 Å². The van der Waals surface area contributed by atoms with Crippen LogP contribution in [-0.2, 0) is 0 Å². The summed E-state index contributed by atoms with van der Waals surface area (Å²) < 4.78 is 16.8. The SMILES string of the molecule is COc1cccc(-c2nc3cc(NC(=O)c4cccc(OCC(C)C)c4)ccc3o2)c1. The maximum absolute atomic E-state index is 12.7. The fourth-order valence-electron chi connectivity index (χ4n) is 3.08. The Kier molecular flexibility index (Phi) is 5.89. The van der Waals surface area contributed by atoms with Gasteiger partial charge in [-0.15, -0.1) is 0 Å². The number of aromatic nitrogens is 1. The number of anilines is 1. The second-order valence-corrected chi connectivity index (χ2v) is 7.62. The molecule has 0 aliphatic rings. The lowest BCUT2D eigenvalue weighted by atomic mass is 10.2. The second-order valence-electron chi connectivity index (χ2n) is 7.62. The molecule has 1 amide bonds. The van der Waals surface area contributed by atoms with Crippen LogP contribution in [0.5, 0.6) is 11.5 Å². The molecule has 6 nitrogen and oxygen atoms in total. The number of ether oxygens (including phenoxy) is 2. The van der Waals surface area contributed by atoms with E-state index >= 15 is 0 Å². The summed E-state index contributed by atoms with van der Waals surface area (Å²) in [6.07, 6.45) is 0. The molecular weight excluding hydrogens is 392 g/mol. The Bertz CT molecular complexity index is 1210. The summed E-state index contributed by atoms with van der Waals surface area (Å²) in [4.78, 5) is 17.3. The number of benzene rings is 3. The summed E-state index contributed by atoms with van der Waals surface area (Å²) in [5.74, 6) is 2.09. The normalized spacial score (nSPS) is 11.0. The highest BCUT2D eigenvalue weighted by Gasteiger charge is 2.12. The lowest BCUT2D eigenvalue weighted by Gasteiger charge is -2.10. The van der Waals surface area contributed by atoms with Crippen LogP contribution in [0.15, 0.2) is 71.1 Å². The summed E-state index contributed by atoms with van der Waals surface area (Å²) in [6, 6.07) is 20.1. The van der Waals surface area contributed by atoms with Gasteiger partial charge in [0.1, 0.15) is 17.0 Å². The van der Waals surface area contributed by atoms with Crippen LogP contribution in [0.2, 0.25) is 0 Å². The summed E-state index contributed by atoms with van der Waals surface area (Å²) >= 11 is 0. The van der Waals surface area contributed by atoms with Gasteiger partial charge >= 0.3 is 0 Å². The maximum atomic E-state index is 12.7. The minimum atomic E-state index is -0.217. The number of hydrogen-bond donors (Lipinski definition) is 1. The predicted molar refractivity (Wildman–Crippen MR) is 121 cm³/mol. The van der Waals surface area contributed by atoms with Crippen LogP contribution in [0.4, 0.5) is 5.69 Å². The van der Waals surface area contributed by atoms with E-state index in [4.69, 9.17) is 13.9 Å². The van der Waals surface area contributed by atoms with E-state index in [0.717, 1.165) is 11.3 Å². The van der Waals surface area contributed by atoms with Crippen LogP contribution in [-0.4, -0.2) is 24.6 Å². The Morgan fingerprint density at radius 1 is 1.03 bits per heavy atom. The molecule has 0 aliphatic carbocycles. The third-order valence-corrected chi connectivity index (χ3v) is 4.64. The first-order chi connectivity index (χ1) is 15.0. The summed E-state index contributed by atoms with van der Waals surface area (Å²) in [5.41, 5.74) is 3.28. The van der Waals surface area contributed by atoms with Gasteiger partial charge in [0.05, 0.1) is 13.7 Å². The largest absolute Gasteiger partial charge is 0.497 e. The molecule has 4 rings (SSSR count). The van der Waals surface area contributed by atoms with E-state index in [9.17, 15) is 4.79 Å². The predicted octanol–water partition coefficient (Wildman–Crippen LogP) is 5.79. The Hall–Kier alpha value is -3.80. The quantitative estimate of drug-likeness (QED) is 0.413. The molecule has 31 heavy (non-hydrogen) atoms. The van der Waals surface area contributed by atoms with E-state index in [0.29, 0.717) is 46.5 Å².